The first kappa shape index (κ1) is 9.86. The standard InChI is InChI=1S/C13H20O2/c1-10(2)6-5-7-11(3)13(10)9-8-12(4,14-11)15-13/h5,7H,6,8-9H2,1-4H3. The van der Waals surface area contributed by atoms with Crippen LogP contribution in [0.25, 0.3) is 0 Å². The Morgan fingerprint density at radius 1 is 1.00 bits per heavy atom. The highest BCUT2D eigenvalue weighted by atomic mass is 16.8. The summed E-state index contributed by atoms with van der Waals surface area (Å²) in [6.45, 7) is 8.86. The van der Waals surface area contributed by atoms with Gasteiger partial charge in [0.15, 0.2) is 5.79 Å². The predicted molar refractivity (Wildman–Crippen MR) is 58.5 cm³/mol. The first-order chi connectivity index (χ1) is 6.83. The molecular formula is C13H20O2. The van der Waals surface area contributed by atoms with Gasteiger partial charge in [0.05, 0.1) is 0 Å². The van der Waals surface area contributed by atoms with Crippen LogP contribution in [0.1, 0.15) is 47.0 Å². The molecule has 3 atom stereocenters. The molecule has 3 aliphatic rings. The van der Waals surface area contributed by atoms with Crippen LogP contribution in [0, 0.1) is 5.41 Å². The zero-order valence-electron chi connectivity index (χ0n) is 10.1. The van der Waals surface area contributed by atoms with Crippen LogP contribution in [-0.4, -0.2) is 17.0 Å². The molecule has 2 heterocycles. The van der Waals surface area contributed by atoms with Crippen LogP contribution >= 0.6 is 0 Å². The first-order valence-corrected chi connectivity index (χ1v) is 5.91. The summed E-state index contributed by atoms with van der Waals surface area (Å²) in [4.78, 5) is 0. The fraction of sp³-hybridized carbons (Fsp3) is 0.846. The molecule has 3 unspecified atom stereocenters. The largest absolute Gasteiger partial charge is 0.340 e. The van der Waals surface area contributed by atoms with E-state index in [9.17, 15) is 0 Å². The highest BCUT2D eigenvalue weighted by molar-refractivity contribution is 5.27. The summed E-state index contributed by atoms with van der Waals surface area (Å²) in [7, 11) is 0. The van der Waals surface area contributed by atoms with Crippen molar-refractivity contribution in [2.75, 3.05) is 0 Å². The summed E-state index contributed by atoms with van der Waals surface area (Å²) >= 11 is 0. The molecule has 3 rings (SSSR count). The predicted octanol–water partition coefficient (Wildman–Crippen LogP) is 3.03. The van der Waals surface area contributed by atoms with Gasteiger partial charge in [-0.05, 0) is 26.7 Å². The quantitative estimate of drug-likeness (QED) is 0.570. The maximum absolute atomic E-state index is 6.30. The highest BCUT2D eigenvalue weighted by Crippen LogP contribution is 2.64. The Kier molecular flexibility index (Phi) is 1.53. The average Bonchev–Trinajstić information content (AvgIpc) is 2.52. The first-order valence-electron chi connectivity index (χ1n) is 5.91. The van der Waals surface area contributed by atoms with Crippen LogP contribution in [-0.2, 0) is 9.47 Å². The van der Waals surface area contributed by atoms with E-state index in [-0.39, 0.29) is 22.4 Å². The molecule has 2 bridgehead atoms. The summed E-state index contributed by atoms with van der Waals surface area (Å²) in [5, 5.41) is 0. The molecule has 2 nitrogen and oxygen atoms in total. The van der Waals surface area contributed by atoms with Crippen molar-refractivity contribution in [3.8, 4) is 0 Å². The lowest BCUT2D eigenvalue weighted by Crippen LogP contribution is -2.59. The summed E-state index contributed by atoms with van der Waals surface area (Å²) in [5.41, 5.74) is -0.157. The summed E-state index contributed by atoms with van der Waals surface area (Å²) in [5.74, 6) is -0.347. The van der Waals surface area contributed by atoms with Crippen molar-refractivity contribution < 1.29 is 9.47 Å². The van der Waals surface area contributed by atoms with Gasteiger partial charge in [-0.1, -0.05) is 26.0 Å². The van der Waals surface area contributed by atoms with Crippen LogP contribution in [0.5, 0.6) is 0 Å². The van der Waals surface area contributed by atoms with Gasteiger partial charge in [-0.25, -0.2) is 0 Å². The van der Waals surface area contributed by atoms with E-state index in [0.29, 0.717) is 0 Å². The Morgan fingerprint density at radius 3 is 2.33 bits per heavy atom. The Balaban J connectivity index is 2.17. The topological polar surface area (TPSA) is 18.5 Å². The number of ether oxygens (including phenoxy) is 2. The molecule has 0 aromatic carbocycles. The van der Waals surface area contributed by atoms with Gasteiger partial charge < -0.3 is 9.47 Å². The van der Waals surface area contributed by atoms with E-state index in [0.717, 1.165) is 19.3 Å². The highest BCUT2D eigenvalue weighted by Gasteiger charge is 2.71. The zero-order valence-corrected chi connectivity index (χ0v) is 10.1. The molecular weight excluding hydrogens is 188 g/mol. The number of fused-ring (bicyclic) bond motifs is 1. The average molecular weight is 208 g/mol. The molecule has 1 spiro atoms. The van der Waals surface area contributed by atoms with Crippen molar-refractivity contribution in [2.45, 2.75) is 63.9 Å². The molecule has 0 saturated carbocycles. The van der Waals surface area contributed by atoms with Crippen molar-refractivity contribution in [2.24, 2.45) is 5.41 Å². The molecule has 84 valence electrons. The lowest BCUT2D eigenvalue weighted by Gasteiger charge is -2.51. The van der Waals surface area contributed by atoms with Crippen LogP contribution in [0.2, 0.25) is 0 Å². The van der Waals surface area contributed by atoms with Gasteiger partial charge >= 0.3 is 0 Å². The molecule has 0 amide bonds. The minimum absolute atomic E-state index is 0.108. The van der Waals surface area contributed by atoms with Crippen molar-refractivity contribution in [1.29, 1.82) is 0 Å². The van der Waals surface area contributed by atoms with E-state index >= 15 is 0 Å². The molecule has 2 saturated heterocycles. The number of rotatable bonds is 0. The van der Waals surface area contributed by atoms with E-state index < -0.39 is 0 Å². The summed E-state index contributed by atoms with van der Waals surface area (Å²) in [6.07, 6.45) is 7.70. The lowest BCUT2D eigenvalue weighted by molar-refractivity contribution is -0.159. The number of hydrogen-bond donors (Lipinski definition) is 0. The zero-order chi connectivity index (χ0) is 10.9. The lowest BCUT2D eigenvalue weighted by atomic mass is 9.59. The molecule has 0 N–H and O–H groups in total. The molecule has 15 heavy (non-hydrogen) atoms. The second-order valence-electron chi connectivity index (χ2n) is 6.26. The Hall–Kier alpha value is -0.340. The van der Waals surface area contributed by atoms with Gasteiger partial charge in [0.2, 0.25) is 0 Å². The molecule has 2 aliphatic heterocycles. The third-order valence-corrected chi connectivity index (χ3v) is 4.71. The SMILES string of the molecule is CC12CCC3(O1)C(C)(C)CC=CC3(C)O2. The Morgan fingerprint density at radius 2 is 1.73 bits per heavy atom. The van der Waals surface area contributed by atoms with Crippen LogP contribution in [0.15, 0.2) is 12.2 Å². The third-order valence-electron chi connectivity index (χ3n) is 4.71. The Bertz CT molecular complexity index is 346. The van der Waals surface area contributed by atoms with Gasteiger partial charge in [0.1, 0.15) is 11.2 Å². The van der Waals surface area contributed by atoms with E-state index in [4.69, 9.17) is 9.47 Å². The fourth-order valence-corrected chi connectivity index (χ4v) is 3.89. The monoisotopic (exact) mass is 208 g/mol. The summed E-state index contributed by atoms with van der Waals surface area (Å²) in [6, 6.07) is 0. The van der Waals surface area contributed by atoms with Gasteiger partial charge in [-0.2, -0.15) is 0 Å². The molecule has 0 aromatic rings. The van der Waals surface area contributed by atoms with Crippen molar-refractivity contribution in [3.63, 3.8) is 0 Å². The van der Waals surface area contributed by atoms with E-state index in [1.165, 1.54) is 0 Å². The number of hydrogen-bond acceptors (Lipinski definition) is 2. The second kappa shape index (κ2) is 2.33. The number of allylic oxidation sites excluding steroid dienone is 1. The van der Waals surface area contributed by atoms with Crippen LogP contribution in [0.3, 0.4) is 0 Å². The molecule has 0 aromatic heterocycles. The van der Waals surface area contributed by atoms with E-state index in [1.54, 1.807) is 0 Å². The van der Waals surface area contributed by atoms with Gasteiger partial charge in [0, 0.05) is 11.8 Å². The maximum atomic E-state index is 6.30. The van der Waals surface area contributed by atoms with Crippen molar-refractivity contribution in [3.05, 3.63) is 12.2 Å². The normalized spacial score (nSPS) is 55.7. The van der Waals surface area contributed by atoms with E-state index in [2.05, 4.69) is 39.8 Å². The smallest absolute Gasteiger partial charge is 0.167 e. The molecule has 0 radical (unpaired) electrons. The van der Waals surface area contributed by atoms with Crippen molar-refractivity contribution >= 4 is 0 Å². The van der Waals surface area contributed by atoms with E-state index in [1.807, 2.05) is 0 Å². The third kappa shape index (κ3) is 0.931. The second-order valence-corrected chi connectivity index (χ2v) is 6.26. The molecule has 2 fully saturated rings. The van der Waals surface area contributed by atoms with Crippen LogP contribution in [0.4, 0.5) is 0 Å². The van der Waals surface area contributed by atoms with Gasteiger partial charge in [-0.15, -0.1) is 0 Å². The minimum Gasteiger partial charge on any atom is -0.340 e. The molecule has 1 aliphatic carbocycles. The van der Waals surface area contributed by atoms with Gasteiger partial charge in [0.25, 0.3) is 0 Å². The van der Waals surface area contributed by atoms with Crippen LogP contribution < -0.4 is 0 Å². The Labute approximate surface area is 91.6 Å². The summed E-state index contributed by atoms with van der Waals surface area (Å²) < 4.78 is 12.5. The van der Waals surface area contributed by atoms with Crippen molar-refractivity contribution in [1.82, 2.24) is 0 Å². The molecule has 2 heteroatoms. The maximum Gasteiger partial charge on any atom is 0.167 e. The van der Waals surface area contributed by atoms with Gasteiger partial charge in [-0.3, -0.25) is 0 Å². The fourth-order valence-electron chi connectivity index (χ4n) is 3.89. The minimum atomic E-state index is -0.347.